The second kappa shape index (κ2) is 12.5. The molecule has 0 N–H and O–H groups in total. The van der Waals surface area contributed by atoms with E-state index in [1.54, 1.807) is 0 Å². The molecule has 4 aromatic carbocycles. The van der Waals surface area contributed by atoms with Crippen molar-refractivity contribution in [2.24, 2.45) is 0 Å². The fourth-order valence-electron chi connectivity index (χ4n) is 7.07. The topological polar surface area (TPSA) is 0 Å². The van der Waals surface area contributed by atoms with E-state index in [9.17, 15) is 0 Å². The summed E-state index contributed by atoms with van der Waals surface area (Å²) in [6.07, 6.45) is 27.9. The summed E-state index contributed by atoms with van der Waals surface area (Å²) in [6.45, 7) is 0. The average Bonchev–Trinajstić information content (AvgIpc) is 3.75. The largest absolute Gasteiger partial charge is 0.272 e. The summed E-state index contributed by atoms with van der Waals surface area (Å²) in [6, 6.07) is 18.9. The molecule has 0 radical (unpaired) electrons. The molecule has 4 aromatic rings. The van der Waals surface area contributed by atoms with Crippen LogP contribution in [0.5, 0.6) is 0 Å². The Morgan fingerprint density at radius 2 is 0.595 bits per heavy atom. The first kappa shape index (κ1) is 32.0. The van der Waals surface area contributed by atoms with Crippen LogP contribution in [0, 0.1) is 24.3 Å². The number of rotatable bonds is 0. The first-order chi connectivity index (χ1) is 18.8. The third kappa shape index (κ3) is 5.18. The number of benzene rings is 4. The van der Waals surface area contributed by atoms with Gasteiger partial charge in [-0.2, -0.15) is 22.3 Å². The van der Waals surface area contributed by atoms with Gasteiger partial charge in [0.1, 0.15) is 0 Å². The summed E-state index contributed by atoms with van der Waals surface area (Å²) in [5.74, 6) is 0. The van der Waals surface area contributed by atoms with E-state index in [2.05, 4.69) is 97.1 Å². The van der Waals surface area contributed by atoms with E-state index < -0.39 is 0 Å². The van der Waals surface area contributed by atoms with Gasteiger partial charge >= 0.3 is 0 Å². The molecular formula is C38H24W4-4. The third-order valence-electron chi connectivity index (χ3n) is 9.00. The fraction of sp³-hybridized carbons (Fsp3) is 0.158. The van der Waals surface area contributed by atoms with E-state index in [4.69, 9.17) is 0 Å². The van der Waals surface area contributed by atoms with Gasteiger partial charge in [-0.05, 0) is 46.2 Å². The zero-order valence-electron chi connectivity index (χ0n) is 22.8. The van der Waals surface area contributed by atoms with E-state index in [1.807, 2.05) is 0 Å². The average molecular weight is 1220 g/mol. The maximum atomic E-state index is 3.32. The van der Waals surface area contributed by atoms with Crippen molar-refractivity contribution >= 4 is 24.3 Å². The molecule has 6 aliphatic rings. The minimum absolute atomic E-state index is 0. The van der Waals surface area contributed by atoms with E-state index in [1.165, 1.54) is 89.0 Å². The molecule has 0 bridgehead atoms. The Hall–Kier alpha value is -1.41. The Morgan fingerprint density at radius 3 is 0.976 bits per heavy atom. The van der Waals surface area contributed by atoms with Crippen LogP contribution in [0.4, 0.5) is 0 Å². The molecule has 0 fully saturated rings. The minimum atomic E-state index is 0. The van der Waals surface area contributed by atoms with Gasteiger partial charge in [-0.15, -0.1) is 72.2 Å². The molecule has 6 aliphatic carbocycles. The van der Waals surface area contributed by atoms with E-state index >= 15 is 0 Å². The van der Waals surface area contributed by atoms with Gasteiger partial charge < -0.3 is 0 Å². The Labute approximate surface area is 305 Å². The van der Waals surface area contributed by atoms with Crippen molar-refractivity contribution in [3.8, 4) is 22.3 Å². The van der Waals surface area contributed by atoms with Crippen LogP contribution in [0.2, 0.25) is 0 Å². The molecule has 0 aromatic heterocycles. The van der Waals surface area contributed by atoms with Crippen molar-refractivity contribution in [1.82, 2.24) is 0 Å². The van der Waals surface area contributed by atoms with Crippen molar-refractivity contribution in [3.63, 3.8) is 0 Å². The van der Waals surface area contributed by atoms with Gasteiger partial charge in [-0.1, -0.05) is 35.4 Å². The van der Waals surface area contributed by atoms with Gasteiger partial charge in [0.05, 0.1) is 0 Å². The van der Waals surface area contributed by atoms with Crippen LogP contribution < -0.4 is 0 Å². The second-order valence-corrected chi connectivity index (χ2v) is 11.3. The number of hydrogen-bond donors (Lipinski definition) is 0. The van der Waals surface area contributed by atoms with Crippen molar-refractivity contribution < 1.29 is 84.3 Å². The first-order valence-corrected chi connectivity index (χ1v) is 13.7. The molecule has 0 nitrogen and oxygen atoms in total. The Bertz CT molecular complexity index is 1730. The molecule has 0 saturated carbocycles. The first-order valence-electron chi connectivity index (χ1n) is 13.7. The Morgan fingerprint density at radius 1 is 0.310 bits per heavy atom. The summed E-state index contributed by atoms with van der Waals surface area (Å²) in [5, 5.41) is 0. The molecule has 0 saturated heterocycles. The van der Waals surface area contributed by atoms with Gasteiger partial charge in [0.25, 0.3) is 0 Å². The molecule has 0 heterocycles. The van der Waals surface area contributed by atoms with Crippen molar-refractivity contribution in [1.29, 1.82) is 0 Å². The van der Waals surface area contributed by atoms with E-state index in [0.717, 1.165) is 38.5 Å². The maximum absolute atomic E-state index is 3.32. The number of hydrogen-bond acceptors (Lipinski definition) is 0. The van der Waals surface area contributed by atoms with Gasteiger partial charge in [-0.3, -0.25) is 24.3 Å². The third-order valence-corrected chi connectivity index (χ3v) is 9.00. The van der Waals surface area contributed by atoms with E-state index in [-0.39, 0.29) is 84.3 Å². The number of allylic oxidation sites excluding steroid dienone is 4. The predicted octanol–water partition coefficient (Wildman–Crippen LogP) is 8.00. The molecule has 42 heavy (non-hydrogen) atoms. The van der Waals surface area contributed by atoms with Crippen LogP contribution in [0.15, 0.2) is 48.5 Å². The van der Waals surface area contributed by atoms with Crippen LogP contribution in [-0.4, -0.2) is 0 Å². The predicted molar refractivity (Wildman–Crippen MR) is 155 cm³/mol. The van der Waals surface area contributed by atoms with Crippen LogP contribution in [0.25, 0.3) is 46.6 Å². The van der Waals surface area contributed by atoms with E-state index in [0.29, 0.717) is 0 Å². The van der Waals surface area contributed by atoms with Gasteiger partial charge in [0.2, 0.25) is 0 Å². The maximum Gasteiger partial charge on any atom is 0 e. The monoisotopic (exact) mass is 1220 g/mol. The molecular weight excluding hydrogens is 1190 g/mol. The molecule has 0 atom stereocenters. The number of fused-ring (bicyclic) bond motifs is 10. The zero-order valence-corrected chi connectivity index (χ0v) is 34.5. The second-order valence-electron chi connectivity index (χ2n) is 11.3. The quantitative estimate of drug-likeness (QED) is 0.136. The summed E-state index contributed by atoms with van der Waals surface area (Å²) >= 11 is 0. The molecule has 10 rings (SSSR count). The Balaban J connectivity index is 0.000000153. The molecule has 0 aliphatic heterocycles. The molecule has 0 spiro atoms. The van der Waals surface area contributed by atoms with Crippen molar-refractivity contribution in [3.05, 3.63) is 140 Å². The Kier molecular flexibility index (Phi) is 9.55. The molecule has 4 heteroatoms. The molecule has 204 valence electrons. The normalized spacial score (nSPS) is 14.9. The molecule has 0 amide bonds. The van der Waals surface area contributed by atoms with Crippen LogP contribution >= 0.6 is 0 Å². The summed E-state index contributed by atoms with van der Waals surface area (Å²) in [4.78, 5) is 0. The zero-order chi connectivity index (χ0) is 24.8. The molecule has 0 unspecified atom stereocenters. The van der Waals surface area contributed by atoms with Crippen LogP contribution in [0.1, 0.15) is 66.8 Å². The van der Waals surface area contributed by atoms with Gasteiger partial charge in [0.15, 0.2) is 0 Å². The van der Waals surface area contributed by atoms with Gasteiger partial charge in [-0.25, -0.2) is 24.3 Å². The smallest absolute Gasteiger partial charge is 0 e. The van der Waals surface area contributed by atoms with Crippen molar-refractivity contribution in [2.75, 3.05) is 0 Å². The SMILES string of the molecule is [C-]1=Cc2cc3c(cc2C1)-c1cc2c(cc1C3)C=[C-]C2.[C-]1=Cc2cc3c(cc2C1)Cc1cc2c(cc1-3)C=[C-]C2.[W].[W].[W].[W]. The minimum Gasteiger partial charge on any atom is -0.272 e. The summed E-state index contributed by atoms with van der Waals surface area (Å²) in [5.41, 5.74) is 22.9. The van der Waals surface area contributed by atoms with Crippen LogP contribution in [-0.2, 0) is 123 Å². The standard InChI is InChI=1S/2C19H12.4W/c2*1-3-12-7-16-9-17-8-13-4-2-6-15(13)11-19(17)18(16)10-14(12)5-1;;;;/h5-8,10-11H,3-4,9H2;3-4,7-8,10-11H,5-6,9H2;;;;/q2*-2;;;;. The van der Waals surface area contributed by atoms with Crippen molar-refractivity contribution in [2.45, 2.75) is 38.5 Å². The summed E-state index contributed by atoms with van der Waals surface area (Å²) in [7, 11) is 0. The van der Waals surface area contributed by atoms with Gasteiger partial charge in [0, 0.05) is 84.3 Å². The fourth-order valence-corrected chi connectivity index (χ4v) is 7.07. The summed E-state index contributed by atoms with van der Waals surface area (Å²) < 4.78 is 0. The van der Waals surface area contributed by atoms with Crippen LogP contribution in [0.3, 0.4) is 0 Å².